The molecule has 0 radical (unpaired) electrons. The van der Waals surface area contributed by atoms with Crippen molar-refractivity contribution < 1.29 is 14.3 Å². The van der Waals surface area contributed by atoms with E-state index < -0.39 is 5.97 Å². The predicted molar refractivity (Wildman–Crippen MR) is 108 cm³/mol. The van der Waals surface area contributed by atoms with Gasteiger partial charge < -0.3 is 10.0 Å². The fraction of sp³-hybridized carbons (Fsp3) is 0.458. The summed E-state index contributed by atoms with van der Waals surface area (Å²) in [6.45, 7) is 4.25. The maximum Gasteiger partial charge on any atom is 0.335 e. The molecule has 2 aromatic rings. The zero-order valence-corrected chi connectivity index (χ0v) is 16.4. The van der Waals surface area contributed by atoms with Crippen molar-refractivity contribution >= 4 is 5.97 Å². The number of halogens is 1. The highest BCUT2D eigenvalue weighted by atomic mass is 19.1. The zero-order valence-electron chi connectivity index (χ0n) is 16.4. The second-order valence-corrected chi connectivity index (χ2v) is 8.40. The molecule has 1 saturated heterocycles. The maximum atomic E-state index is 13.1. The van der Waals surface area contributed by atoms with Crippen LogP contribution in [-0.2, 0) is 0 Å². The maximum absolute atomic E-state index is 13.1. The summed E-state index contributed by atoms with van der Waals surface area (Å²) in [5.74, 6) is 0.0513. The molecule has 4 rings (SSSR count). The standard InChI is InChI=1S/C24H28FNO2/c1-16-14-20(24(27)28)5-9-23(16)19-4-8-22(15-19)26-12-10-18(11-13-26)17-2-6-21(25)7-3-17/h2-3,5-7,9,14,18-19,22H,4,8,10-13,15H2,1H3,(H,27,28). The molecular weight excluding hydrogens is 353 g/mol. The van der Waals surface area contributed by atoms with E-state index in [1.165, 1.54) is 24.0 Å². The first-order chi connectivity index (χ1) is 13.5. The highest BCUT2D eigenvalue weighted by Gasteiger charge is 2.33. The number of carbonyl (C=O) groups is 1. The van der Waals surface area contributed by atoms with Gasteiger partial charge in [0.05, 0.1) is 5.56 Å². The average Bonchev–Trinajstić information content (AvgIpc) is 3.18. The van der Waals surface area contributed by atoms with Gasteiger partial charge >= 0.3 is 5.97 Å². The minimum Gasteiger partial charge on any atom is -0.478 e. The van der Waals surface area contributed by atoms with Gasteiger partial charge in [0.25, 0.3) is 0 Å². The lowest BCUT2D eigenvalue weighted by Gasteiger charge is -2.36. The fourth-order valence-electron chi connectivity index (χ4n) is 5.17. The van der Waals surface area contributed by atoms with Gasteiger partial charge in [0.15, 0.2) is 0 Å². The van der Waals surface area contributed by atoms with Crippen LogP contribution >= 0.6 is 0 Å². The van der Waals surface area contributed by atoms with Crippen LogP contribution in [0.1, 0.15) is 71.0 Å². The second-order valence-electron chi connectivity index (χ2n) is 8.40. The third-order valence-electron chi connectivity index (χ3n) is 6.75. The van der Waals surface area contributed by atoms with Gasteiger partial charge in [-0.15, -0.1) is 0 Å². The molecule has 2 aromatic carbocycles. The zero-order chi connectivity index (χ0) is 19.7. The van der Waals surface area contributed by atoms with Gasteiger partial charge in [-0.25, -0.2) is 9.18 Å². The van der Waals surface area contributed by atoms with Crippen LogP contribution < -0.4 is 0 Å². The van der Waals surface area contributed by atoms with Crippen molar-refractivity contribution in [1.82, 2.24) is 4.90 Å². The normalized spacial score (nSPS) is 23.8. The van der Waals surface area contributed by atoms with E-state index in [-0.39, 0.29) is 5.82 Å². The number of piperidine rings is 1. The van der Waals surface area contributed by atoms with Gasteiger partial charge in [0.1, 0.15) is 5.82 Å². The number of aromatic carboxylic acids is 1. The van der Waals surface area contributed by atoms with Crippen LogP contribution in [0.4, 0.5) is 4.39 Å². The summed E-state index contributed by atoms with van der Waals surface area (Å²) in [6.07, 6.45) is 5.83. The van der Waals surface area contributed by atoms with Crippen molar-refractivity contribution in [2.45, 2.75) is 56.9 Å². The van der Waals surface area contributed by atoms with E-state index >= 15 is 0 Å². The van der Waals surface area contributed by atoms with Gasteiger partial charge in [-0.1, -0.05) is 18.2 Å². The molecule has 1 heterocycles. The Hall–Kier alpha value is -2.20. The second kappa shape index (κ2) is 8.04. The van der Waals surface area contributed by atoms with Gasteiger partial charge in [-0.2, -0.15) is 0 Å². The molecule has 2 unspecified atom stereocenters. The quantitative estimate of drug-likeness (QED) is 0.776. The summed E-state index contributed by atoms with van der Waals surface area (Å²) in [7, 11) is 0. The van der Waals surface area contributed by atoms with Crippen molar-refractivity contribution in [3.8, 4) is 0 Å². The van der Waals surface area contributed by atoms with Gasteiger partial charge in [-0.05, 0) is 105 Å². The highest BCUT2D eigenvalue weighted by Crippen LogP contribution is 2.40. The Balaban J connectivity index is 1.35. The van der Waals surface area contributed by atoms with Crippen LogP contribution in [0, 0.1) is 12.7 Å². The molecule has 2 atom stereocenters. The van der Waals surface area contributed by atoms with E-state index in [0.717, 1.165) is 37.9 Å². The summed E-state index contributed by atoms with van der Waals surface area (Å²) >= 11 is 0. The highest BCUT2D eigenvalue weighted by molar-refractivity contribution is 5.87. The Bertz CT molecular complexity index is 840. The van der Waals surface area contributed by atoms with E-state index in [1.807, 2.05) is 25.1 Å². The number of carboxylic acids is 1. The van der Waals surface area contributed by atoms with Crippen molar-refractivity contribution in [3.05, 3.63) is 70.5 Å². The van der Waals surface area contributed by atoms with Crippen LogP contribution in [-0.4, -0.2) is 35.1 Å². The minimum atomic E-state index is -0.858. The van der Waals surface area contributed by atoms with Crippen molar-refractivity contribution in [1.29, 1.82) is 0 Å². The topological polar surface area (TPSA) is 40.5 Å². The van der Waals surface area contributed by atoms with Crippen LogP contribution in [0.5, 0.6) is 0 Å². The molecular formula is C24H28FNO2. The van der Waals surface area contributed by atoms with E-state index in [9.17, 15) is 9.18 Å². The number of aryl methyl sites for hydroxylation is 1. The molecule has 1 aliphatic heterocycles. The number of nitrogens with zero attached hydrogens (tertiary/aromatic N) is 1. The Morgan fingerprint density at radius 2 is 1.71 bits per heavy atom. The molecule has 1 N–H and O–H groups in total. The summed E-state index contributed by atoms with van der Waals surface area (Å²) < 4.78 is 13.1. The molecule has 148 valence electrons. The van der Waals surface area contributed by atoms with Crippen LogP contribution in [0.3, 0.4) is 0 Å². The first-order valence-corrected chi connectivity index (χ1v) is 10.3. The summed E-state index contributed by atoms with van der Waals surface area (Å²) in [5, 5.41) is 9.17. The smallest absolute Gasteiger partial charge is 0.335 e. The monoisotopic (exact) mass is 381 g/mol. The van der Waals surface area contributed by atoms with E-state index in [2.05, 4.69) is 4.90 Å². The molecule has 4 heteroatoms. The summed E-state index contributed by atoms with van der Waals surface area (Å²) in [4.78, 5) is 13.8. The van der Waals surface area contributed by atoms with Crippen LogP contribution in [0.15, 0.2) is 42.5 Å². The van der Waals surface area contributed by atoms with Crippen molar-refractivity contribution in [2.75, 3.05) is 13.1 Å². The minimum absolute atomic E-state index is 0.162. The number of hydrogen-bond donors (Lipinski definition) is 1. The van der Waals surface area contributed by atoms with Crippen LogP contribution in [0.25, 0.3) is 0 Å². The fourth-order valence-corrected chi connectivity index (χ4v) is 5.17. The van der Waals surface area contributed by atoms with Crippen molar-refractivity contribution in [2.24, 2.45) is 0 Å². The van der Waals surface area contributed by atoms with Gasteiger partial charge in [-0.3, -0.25) is 0 Å². The molecule has 0 amide bonds. The molecule has 28 heavy (non-hydrogen) atoms. The van der Waals surface area contributed by atoms with E-state index in [1.54, 1.807) is 24.3 Å². The summed E-state index contributed by atoms with van der Waals surface area (Å²) in [6, 6.07) is 13.2. The van der Waals surface area contributed by atoms with Crippen LogP contribution in [0.2, 0.25) is 0 Å². The van der Waals surface area contributed by atoms with Crippen molar-refractivity contribution in [3.63, 3.8) is 0 Å². The molecule has 2 aliphatic rings. The number of carboxylic acid groups (broad SMARTS) is 1. The predicted octanol–water partition coefficient (Wildman–Crippen LogP) is 5.35. The average molecular weight is 381 g/mol. The molecule has 0 aromatic heterocycles. The number of rotatable bonds is 4. The van der Waals surface area contributed by atoms with Gasteiger partial charge in [0.2, 0.25) is 0 Å². The third-order valence-corrected chi connectivity index (χ3v) is 6.75. The molecule has 1 saturated carbocycles. The first-order valence-electron chi connectivity index (χ1n) is 10.3. The lowest BCUT2D eigenvalue weighted by Crippen LogP contribution is -2.39. The molecule has 1 aliphatic carbocycles. The lowest BCUT2D eigenvalue weighted by molar-refractivity contribution is 0.0696. The first kappa shape index (κ1) is 19.1. The Labute approximate surface area is 166 Å². The molecule has 2 fully saturated rings. The van der Waals surface area contributed by atoms with E-state index in [0.29, 0.717) is 23.4 Å². The summed E-state index contributed by atoms with van der Waals surface area (Å²) in [5.41, 5.74) is 4.05. The molecule has 0 bridgehead atoms. The third kappa shape index (κ3) is 3.97. The molecule has 0 spiro atoms. The number of hydrogen-bond acceptors (Lipinski definition) is 2. The number of likely N-dealkylation sites (tertiary alicyclic amines) is 1. The molecule has 3 nitrogen and oxygen atoms in total. The largest absolute Gasteiger partial charge is 0.478 e. The Morgan fingerprint density at radius 1 is 1.00 bits per heavy atom. The Kier molecular flexibility index (Phi) is 5.49. The Morgan fingerprint density at radius 3 is 2.36 bits per heavy atom. The lowest BCUT2D eigenvalue weighted by atomic mass is 9.88. The van der Waals surface area contributed by atoms with Gasteiger partial charge in [0, 0.05) is 6.04 Å². The number of benzene rings is 2. The SMILES string of the molecule is Cc1cc(C(=O)O)ccc1C1CCC(N2CCC(c3ccc(F)cc3)CC2)C1. The van der Waals surface area contributed by atoms with E-state index in [4.69, 9.17) is 5.11 Å².